The fraction of sp³-hybridized carbons (Fsp3) is 0.533. The summed E-state index contributed by atoms with van der Waals surface area (Å²) in [6.07, 6.45) is 4.81. The van der Waals surface area contributed by atoms with Crippen molar-refractivity contribution in [2.45, 2.75) is 32.6 Å². The van der Waals surface area contributed by atoms with Gasteiger partial charge < -0.3 is 5.32 Å². The average molecular weight is 264 g/mol. The number of nitrogens with zero attached hydrogens (tertiary/aromatic N) is 1. The molecule has 0 amide bonds. The summed E-state index contributed by atoms with van der Waals surface area (Å²) in [6.45, 7) is 2.87. The zero-order valence-electron chi connectivity index (χ0n) is 11.0. The van der Waals surface area contributed by atoms with Gasteiger partial charge in [-0.05, 0) is 30.4 Å². The van der Waals surface area contributed by atoms with E-state index in [-0.39, 0.29) is 11.3 Å². The molecule has 2 nitrogen and oxygen atoms in total. The summed E-state index contributed by atoms with van der Waals surface area (Å²) in [4.78, 5) is 0. The second-order valence-electron chi connectivity index (χ2n) is 5.30. The van der Waals surface area contributed by atoms with Crippen LogP contribution in [0.2, 0.25) is 0 Å². The van der Waals surface area contributed by atoms with Gasteiger partial charge in [-0.15, -0.1) is 0 Å². The zero-order chi connectivity index (χ0) is 13.8. The van der Waals surface area contributed by atoms with Gasteiger partial charge in [0.15, 0.2) is 11.6 Å². The molecule has 0 saturated heterocycles. The smallest absolute Gasteiger partial charge is 0.183 e. The fourth-order valence-corrected chi connectivity index (χ4v) is 2.71. The van der Waals surface area contributed by atoms with Crippen LogP contribution >= 0.6 is 0 Å². The maximum Gasteiger partial charge on any atom is 0.183 e. The van der Waals surface area contributed by atoms with E-state index < -0.39 is 11.6 Å². The molecule has 1 N–H and O–H groups in total. The molecule has 1 aromatic carbocycles. The largest absolute Gasteiger partial charge is 0.382 e. The number of rotatable bonds is 3. The van der Waals surface area contributed by atoms with Crippen molar-refractivity contribution in [3.05, 3.63) is 29.3 Å². The van der Waals surface area contributed by atoms with E-state index in [1.807, 2.05) is 0 Å². The van der Waals surface area contributed by atoms with E-state index >= 15 is 0 Å². The Morgan fingerprint density at radius 1 is 1.26 bits per heavy atom. The summed E-state index contributed by atoms with van der Waals surface area (Å²) in [7, 11) is 0. The summed E-state index contributed by atoms with van der Waals surface area (Å²) >= 11 is 0. The summed E-state index contributed by atoms with van der Waals surface area (Å²) in [6, 6.07) is 4.38. The highest BCUT2D eigenvalue weighted by molar-refractivity contribution is 5.49. The topological polar surface area (TPSA) is 35.8 Å². The van der Waals surface area contributed by atoms with Gasteiger partial charge in [-0.2, -0.15) is 5.26 Å². The van der Waals surface area contributed by atoms with Crippen LogP contribution in [0.1, 0.15) is 38.2 Å². The van der Waals surface area contributed by atoms with Gasteiger partial charge in [0.05, 0.1) is 11.3 Å². The average Bonchev–Trinajstić information content (AvgIpc) is 2.42. The molecule has 2 atom stereocenters. The van der Waals surface area contributed by atoms with Crippen LogP contribution in [0.15, 0.2) is 12.1 Å². The maximum absolute atomic E-state index is 13.7. The van der Waals surface area contributed by atoms with E-state index in [1.165, 1.54) is 31.4 Å². The van der Waals surface area contributed by atoms with Crippen LogP contribution in [0, 0.1) is 34.8 Å². The summed E-state index contributed by atoms with van der Waals surface area (Å²) < 4.78 is 27.2. The normalized spacial score (nSPS) is 22.8. The lowest BCUT2D eigenvalue weighted by molar-refractivity contribution is 0.268. The molecule has 2 rings (SSSR count). The van der Waals surface area contributed by atoms with Crippen LogP contribution in [0.25, 0.3) is 0 Å². The van der Waals surface area contributed by atoms with E-state index in [1.54, 1.807) is 6.07 Å². The monoisotopic (exact) mass is 264 g/mol. The van der Waals surface area contributed by atoms with Crippen molar-refractivity contribution in [2.24, 2.45) is 11.8 Å². The van der Waals surface area contributed by atoms with Crippen molar-refractivity contribution in [1.82, 2.24) is 0 Å². The Bertz CT molecular complexity index is 494. The minimum atomic E-state index is -1.07. The van der Waals surface area contributed by atoms with Crippen molar-refractivity contribution in [1.29, 1.82) is 5.26 Å². The molecule has 0 heterocycles. The summed E-state index contributed by atoms with van der Waals surface area (Å²) in [5.74, 6) is -0.897. The standard InChI is InChI=1S/C15H18F2N2/c1-10-4-2-3-5-12(10)9-19-13-7-6-11(8-18)14(16)15(13)17/h6-7,10,12,19H,2-5,9H2,1H3. The van der Waals surface area contributed by atoms with Crippen LogP contribution in [0.3, 0.4) is 0 Å². The molecule has 1 saturated carbocycles. The van der Waals surface area contributed by atoms with Crippen LogP contribution < -0.4 is 5.32 Å². The molecular formula is C15H18F2N2. The van der Waals surface area contributed by atoms with Crippen molar-refractivity contribution >= 4 is 5.69 Å². The van der Waals surface area contributed by atoms with Gasteiger partial charge in [0.2, 0.25) is 0 Å². The summed E-state index contributed by atoms with van der Waals surface area (Å²) in [5, 5.41) is 11.6. The molecule has 0 spiro atoms. The first-order valence-corrected chi connectivity index (χ1v) is 6.75. The van der Waals surface area contributed by atoms with Crippen molar-refractivity contribution < 1.29 is 8.78 Å². The highest BCUT2D eigenvalue weighted by Gasteiger charge is 2.21. The van der Waals surface area contributed by atoms with Gasteiger partial charge in [0.25, 0.3) is 0 Å². The quantitative estimate of drug-likeness (QED) is 0.893. The van der Waals surface area contributed by atoms with E-state index in [9.17, 15) is 8.78 Å². The molecule has 102 valence electrons. The molecule has 0 aromatic heterocycles. The Morgan fingerprint density at radius 2 is 2.00 bits per heavy atom. The molecule has 1 aliphatic carbocycles. The minimum absolute atomic E-state index is 0.147. The van der Waals surface area contributed by atoms with E-state index in [4.69, 9.17) is 5.26 Å². The van der Waals surface area contributed by atoms with Crippen molar-refractivity contribution in [2.75, 3.05) is 11.9 Å². The third-order valence-corrected chi connectivity index (χ3v) is 4.05. The molecule has 0 aliphatic heterocycles. The van der Waals surface area contributed by atoms with E-state index in [0.717, 1.165) is 6.42 Å². The molecule has 4 heteroatoms. The molecule has 19 heavy (non-hydrogen) atoms. The van der Waals surface area contributed by atoms with Crippen LogP contribution in [-0.2, 0) is 0 Å². The third kappa shape index (κ3) is 3.04. The molecule has 0 bridgehead atoms. The third-order valence-electron chi connectivity index (χ3n) is 4.05. The second kappa shape index (κ2) is 6.01. The lowest BCUT2D eigenvalue weighted by atomic mass is 9.80. The van der Waals surface area contributed by atoms with Crippen molar-refractivity contribution in [3.8, 4) is 6.07 Å². The number of nitriles is 1. The molecule has 2 unspecified atom stereocenters. The lowest BCUT2D eigenvalue weighted by Crippen LogP contribution is -2.24. The number of hydrogen-bond acceptors (Lipinski definition) is 2. The van der Waals surface area contributed by atoms with Crippen LogP contribution in [0.5, 0.6) is 0 Å². The Labute approximate surface area is 112 Å². The summed E-state index contributed by atoms with van der Waals surface area (Å²) in [5.41, 5.74) is -0.108. The number of halogens is 2. The molecular weight excluding hydrogens is 246 g/mol. The number of benzene rings is 1. The van der Waals surface area contributed by atoms with E-state index in [0.29, 0.717) is 18.4 Å². The first-order valence-electron chi connectivity index (χ1n) is 6.75. The first kappa shape index (κ1) is 13.8. The number of nitrogens with one attached hydrogen (secondary N) is 1. The van der Waals surface area contributed by atoms with Crippen LogP contribution in [0.4, 0.5) is 14.5 Å². The highest BCUT2D eigenvalue weighted by Crippen LogP contribution is 2.30. The molecule has 0 radical (unpaired) electrons. The predicted octanol–water partition coefficient (Wildman–Crippen LogP) is 4.07. The van der Waals surface area contributed by atoms with Gasteiger partial charge in [-0.25, -0.2) is 8.78 Å². The Kier molecular flexibility index (Phi) is 4.36. The predicted molar refractivity (Wildman–Crippen MR) is 70.7 cm³/mol. The lowest BCUT2D eigenvalue weighted by Gasteiger charge is -2.29. The maximum atomic E-state index is 13.7. The SMILES string of the molecule is CC1CCCCC1CNc1ccc(C#N)c(F)c1F. The number of anilines is 1. The fourth-order valence-electron chi connectivity index (χ4n) is 2.71. The second-order valence-corrected chi connectivity index (χ2v) is 5.30. The van der Waals surface area contributed by atoms with Gasteiger partial charge in [-0.3, -0.25) is 0 Å². The van der Waals surface area contributed by atoms with Gasteiger partial charge >= 0.3 is 0 Å². The van der Waals surface area contributed by atoms with Gasteiger partial charge in [0.1, 0.15) is 6.07 Å². The Balaban J connectivity index is 2.04. The Hall–Kier alpha value is -1.63. The van der Waals surface area contributed by atoms with Gasteiger partial charge in [-0.1, -0.05) is 26.2 Å². The zero-order valence-corrected chi connectivity index (χ0v) is 11.0. The Morgan fingerprint density at radius 3 is 2.68 bits per heavy atom. The highest BCUT2D eigenvalue weighted by atomic mass is 19.2. The molecule has 1 aromatic rings. The van der Waals surface area contributed by atoms with Gasteiger partial charge in [0, 0.05) is 6.54 Å². The molecule has 1 aliphatic rings. The van der Waals surface area contributed by atoms with Crippen LogP contribution in [-0.4, -0.2) is 6.54 Å². The van der Waals surface area contributed by atoms with Crippen molar-refractivity contribution in [3.63, 3.8) is 0 Å². The number of hydrogen-bond donors (Lipinski definition) is 1. The first-order chi connectivity index (χ1) is 9.13. The molecule has 1 fully saturated rings. The minimum Gasteiger partial charge on any atom is -0.382 e. The van der Waals surface area contributed by atoms with E-state index in [2.05, 4.69) is 12.2 Å².